The van der Waals surface area contributed by atoms with Crippen molar-refractivity contribution in [3.8, 4) is 0 Å². The van der Waals surface area contributed by atoms with Crippen LogP contribution in [0.4, 0.5) is 0 Å². The number of nitrogens with one attached hydrogen (secondary N) is 1. The first-order chi connectivity index (χ1) is 9.57. The lowest BCUT2D eigenvalue weighted by molar-refractivity contribution is 0.244. The molecule has 5 unspecified atom stereocenters. The molecule has 1 aliphatic heterocycles. The standard InChI is InChI=1S/C16H29NO2S/c1-2-6-17-16(14-5-7-20(18,19)11-14)10-15-9-12-3-4-13(15)8-12/h12-17H,2-11H2,1H3. The first-order valence-electron chi connectivity index (χ1n) is 8.51. The maximum atomic E-state index is 11.8. The molecule has 0 amide bonds. The average molecular weight is 299 g/mol. The van der Waals surface area contributed by atoms with Crippen molar-refractivity contribution >= 4 is 9.84 Å². The molecule has 0 aromatic rings. The molecule has 1 N–H and O–H groups in total. The lowest BCUT2D eigenvalue weighted by Crippen LogP contribution is -2.39. The molecule has 20 heavy (non-hydrogen) atoms. The maximum absolute atomic E-state index is 11.8. The molecule has 3 rings (SSSR count). The van der Waals surface area contributed by atoms with Crippen molar-refractivity contribution in [2.24, 2.45) is 23.7 Å². The van der Waals surface area contributed by atoms with Crippen LogP contribution in [-0.2, 0) is 9.84 Å². The minimum Gasteiger partial charge on any atom is -0.314 e. The second-order valence-electron chi connectivity index (χ2n) is 7.39. The quantitative estimate of drug-likeness (QED) is 0.820. The van der Waals surface area contributed by atoms with Crippen LogP contribution in [0, 0.1) is 23.7 Å². The number of hydrogen-bond donors (Lipinski definition) is 1. The summed E-state index contributed by atoms with van der Waals surface area (Å²) >= 11 is 0. The Kier molecular flexibility index (Phi) is 4.42. The monoisotopic (exact) mass is 299 g/mol. The molecule has 0 aromatic carbocycles. The van der Waals surface area contributed by atoms with E-state index < -0.39 is 9.84 Å². The zero-order chi connectivity index (χ0) is 14.2. The Bertz CT molecular complexity index is 434. The summed E-state index contributed by atoms with van der Waals surface area (Å²) in [6.07, 6.45) is 8.98. The normalized spacial score (nSPS) is 40.2. The molecular formula is C16H29NO2S. The maximum Gasteiger partial charge on any atom is 0.150 e. The van der Waals surface area contributed by atoms with E-state index in [2.05, 4.69) is 12.2 Å². The Morgan fingerprint density at radius 1 is 1.20 bits per heavy atom. The third-order valence-corrected chi connectivity index (χ3v) is 7.73. The molecule has 3 aliphatic rings. The summed E-state index contributed by atoms with van der Waals surface area (Å²) < 4.78 is 23.5. The predicted molar refractivity (Wildman–Crippen MR) is 82.4 cm³/mol. The van der Waals surface area contributed by atoms with E-state index in [4.69, 9.17) is 0 Å². The summed E-state index contributed by atoms with van der Waals surface area (Å²) in [5.74, 6) is 4.01. The highest BCUT2D eigenvalue weighted by Crippen LogP contribution is 2.50. The van der Waals surface area contributed by atoms with E-state index in [0.717, 1.165) is 37.1 Å². The van der Waals surface area contributed by atoms with Gasteiger partial charge in [0.15, 0.2) is 9.84 Å². The molecule has 2 saturated carbocycles. The molecule has 1 saturated heterocycles. The van der Waals surface area contributed by atoms with E-state index in [0.29, 0.717) is 23.5 Å². The fraction of sp³-hybridized carbons (Fsp3) is 1.00. The second-order valence-corrected chi connectivity index (χ2v) is 9.62. The van der Waals surface area contributed by atoms with Crippen molar-refractivity contribution in [1.82, 2.24) is 5.32 Å². The van der Waals surface area contributed by atoms with Crippen molar-refractivity contribution < 1.29 is 8.42 Å². The van der Waals surface area contributed by atoms with E-state index in [1.807, 2.05) is 0 Å². The lowest BCUT2D eigenvalue weighted by Gasteiger charge is -2.30. The van der Waals surface area contributed by atoms with E-state index in [9.17, 15) is 8.42 Å². The van der Waals surface area contributed by atoms with Crippen molar-refractivity contribution in [2.75, 3.05) is 18.1 Å². The summed E-state index contributed by atoms with van der Waals surface area (Å²) in [6.45, 7) is 3.22. The van der Waals surface area contributed by atoms with Gasteiger partial charge in [-0.3, -0.25) is 0 Å². The summed E-state index contributed by atoms with van der Waals surface area (Å²) in [5.41, 5.74) is 0. The van der Waals surface area contributed by atoms with Crippen LogP contribution in [0.1, 0.15) is 51.9 Å². The third-order valence-electron chi connectivity index (χ3n) is 5.93. The molecular weight excluding hydrogens is 270 g/mol. The van der Waals surface area contributed by atoms with E-state index >= 15 is 0 Å². The Balaban J connectivity index is 1.61. The van der Waals surface area contributed by atoms with Crippen LogP contribution in [0.2, 0.25) is 0 Å². The Morgan fingerprint density at radius 3 is 2.60 bits per heavy atom. The Morgan fingerprint density at radius 2 is 2.05 bits per heavy atom. The molecule has 0 aromatic heterocycles. The number of hydrogen-bond acceptors (Lipinski definition) is 3. The highest BCUT2D eigenvalue weighted by Gasteiger charge is 2.42. The van der Waals surface area contributed by atoms with Gasteiger partial charge < -0.3 is 5.32 Å². The average Bonchev–Trinajstić information content (AvgIpc) is 3.09. The van der Waals surface area contributed by atoms with Crippen molar-refractivity contribution in [3.05, 3.63) is 0 Å². The van der Waals surface area contributed by atoms with Gasteiger partial charge >= 0.3 is 0 Å². The van der Waals surface area contributed by atoms with Crippen molar-refractivity contribution in [3.63, 3.8) is 0 Å². The van der Waals surface area contributed by atoms with Gasteiger partial charge in [0.25, 0.3) is 0 Å². The third kappa shape index (κ3) is 3.22. The second kappa shape index (κ2) is 5.96. The van der Waals surface area contributed by atoms with E-state index in [1.54, 1.807) is 0 Å². The molecule has 0 spiro atoms. The highest BCUT2D eigenvalue weighted by atomic mass is 32.2. The first-order valence-corrected chi connectivity index (χ1v) is 10.3. The van der Waals surface area contributed by atoms with Crippen LogP contribution in [0.3, 0.4) is 0 Å². The minimum absolute atomic E-state index is 0.366. The molecule has 116 valence electrons. The molecule has 3 nitrogen and oxygen atoms in total. The molecule has 1 heterocycles. The lowest BCUT2D eigenvalue weighted by atomic mass is 9.81. The largest absolute Gasteiger partial charge is 0.314 e. The zero-order valence-electron chi connectivity index (χ0n) is 12.7. The van der Waals surface area contributed by atoms with Gasteiger partial charge in [-0.05, 0) is 68.7 Å². The summed E-state index contributed by atoms with van der Waals surface area (Å²) in [6, 6.07) is 0.441. The van der Waals surface area contributed by atoms with E-state index in [1.165, 1.54) is 32.1 Å². The van der Waals surface area contributed by atoms with Gasteiger partial charge in [0, 0.05) is 6.04 Å². The van der Waals surface area contributed by atoms with Crippen LogP contribution in [-0.4, -0.2) is 32.5 Å². The van der Waals surface area contributed by atoms with Gasteiger partial charge in [0.1, 0.15) is 0 Å². The topological polar surface area (TPSA) is 46.2 Å². The van der Waals surface area contributed by atoms with Gasteiger partial charge in [-0.1, -0.05) is 13.3 Å². The summed E-state index contributed by atoms with van der Waals surface area (Å²) in [7, 11) is -2.75. The van der Waals surface area contributed by atoms with Crippen LogP contribution >= 0.6 is 0 Å². The molecule has 0 radical (unpaired) electrons. The highest BCUT2D eigenvalue weighted by molar-refractivity contribution is 7.91. The van der Waals surface area contributed by atoms with Crippen LogP contribution < -0.4 is 5.32 Å². The Hall–Kier alpha value is -0.0900. The summed E-state index contributed by atoms with van der Waals surface area (Å²) in [4.78, 5) is 0. The summed E-state index contributed by atoms with van der Waals surface area (Å²) in [5, 5.41) is 3.67. The predicted octanol–water partition coefficient (Wildman–Crippen LogP) is 2.62. The van der Waals surface area contributed by atoms with Crippen LogP contribution in [0.25, 0.3) is 0 Å². The van der Waals surface area contributed by atoms with Crippen LogP contribution in [0.15, 0.2) is 0 Å². The van der Waals surface area contributed by atoms with Gasteiger partial charge in [0.2, 0.25) is 0 Å². The van der Waals surface area contributed by atoms with E-state index in [-0.39, 0.29) is 0 Å². The van der Waals surface area contributed by atoms with Crippen LogP contribution in [0.5, 0.6) is 0 Å². The fourth-order valence-corrected chi connectivity index (χ4v) is 6.78. The molecule has 2 bridgehead atoms. The molecule has 3 fully saturated rings. The molecule has 5 atom stereocenters. The number of fused-ring (bicyclic) bond motifs is 2. The van der Waals surface area contributed by atoms with Crippen molar-refractivity contribution in [2.45, 2.75) is 57.9 Å². The van der Waals surface area contributed by atoms with Crippen molar-refractivity contribution in [1.29, 1.82) is 0 Å². The first kappa shape index (κ1) is 14.8. The Labute approximate surface area is 123 Å². The molecule has 2 aliphatic carbocycles. The fourth-order valence-electron chi connectivity index (χ4n) is 4.90. The smallest absolute Gasteiger partial charge is 0.150 e. The van der Waals surface area contributed by atoms with Gasteiger partial charge in [-0.25, -0.2) is 8.42 Å². The van der Waals surface area contributed by atoms with Gasteiger partial charge in [0.05, 0.1) is 11.5 Å². The SMILES string of the molecule is CCCNC(CC1CC2CCC1C2)C1CCS(=O)(=O)C1. The minimum atomic E-state index is -2.75. The number of rotatable bonds is 6. The van der Waals surface area contributed by atoms with Gasteiger partial charge in [-0.2, -0.15) is 0 Å². The zero-order valence-corrected chi connectivity index (χ0v) is 13.5. The number of sulfone groups is 1. The van der Waals surface area contributed by atoms with Gasteiger partial charge in [-0.15, -0.1) is 0 Å². The molecule has 4 heteroatoms.